The number of carbonyl (C=O) groups is 4. The molecule has 0 aromatic heterocycles. The average Bonchev–Trinajstić information content (AvgIpc) is 2.81. The highest BCUT2D eigenvalue weighted by Gasteiger charge is 2.46. The Morgan fingerprint density at radius 3 is 0.973 bits per heavy atom. The molecule has 0 spiro atoms. The molecule has 13 heteroatoms. The molecule has 0 radical (unpaired) electrons. The van der Waals surface area contributed by atoms with Gasteiger partial charge in [0.2, 0.25) is 0 Å². The molecule has 0 aromatic carbocycles. The van der Waals surface area contributed by atoms with Crippen LogP contribution in [-0.4, -0.2) is 78.6 Å². The fourth-order valence-electron chi connectivity index (χ4n) is 3.15. The first kappa shape index (κ1) is 34.2. The van der Waals surface area contributed by atoms with Crippen LogP contribution in [0.4, 0.5) is 0 Å². The van der Waals surface area contributed by atoms with Crippen LogP contribution in [0, 0.1) is 0 Å². The maximum atomic E-state index is 11.6. The van der Waals surface area contributed by atoms with Gasteiger partial charge in [0.15, 0.2) is 0 Å². The van der Waals surface area contributed by atoms with Gasteiger partial charge >= 0.3 is 41.0 Å². The lowest BCUT2D eigenvalue weighted by Gasteiger charge is -2.42. The SMILES string of the molecule is C=CC(=O)OCC(C)(COC(=O)C=C)O[Si](C)(C)O[Si](C)(C)OC(C)(COC(=O)C=C)COC(=O)C=C. The van der Waals surface area contributed by atoms with E-state index in [1.165, 1.54) is 0 Å². The minimum Gasteiger partial charge on any atom is -0.459 e. The molecule has 0 N–H and O–H groups in total. The minimum atomic E-state index is -3.09. The second-order valence-electron chi connectivity index (χ2n) is 9.25. The Morgan fingerprint density at radius 2 is 0.784 bits per heavy atom. The van der Waals surface area contributed by atoms with E-state index in [-0.39, 0.29) is 26.4 Å². The van der Waals surface area contributed by atoms with Crippen molar-refractivity contribution in [3.8, 4) is 0 Å². The van der Waals surface area contributed by atoms with Gasteiger partial charge in [-0.3, -0.25) is 0 Å². The molecule has 11 nitrogen and oxygen atoms in total. The number of hydrogen-bond donors (Lipinski definition) is 0. The van der Waals surface area contributed by atoms with E-state index in [9.17, 15) is 19.2 Å². The van der Waals surface area contributed by atoms with Gasteiger partial charge in [0.25, 0.3) is 0 Å². The Morgan fingerprint density at radius 1 is 0.568 bits per heavy atom. The smallest absolute Gasteiger partial charge is 0.330 e. The molecule has 0 bridgehead atoms. The van der Waals surface area contributed by atoms with Crippen molar-refractivity contribution in [2.45, 2.75) is 51.2 Å². The zero-order valence-corrected chi connectivity index (χ0v) is 24.5. The van der Waals surface area contributed by atoms with E-state index in [1.807, 2.05) is 0 Å². The maximum Gasteiger partial charge on any atom is 0.330 e. The highest BCUT2D eigenvalue weighted by molar-refractivity contribution is 6.78. The standard InChI is InChI=1S/C24H38O11Si2/c1-11-19(25)29-15-23(5,16-30-20(26)12-2)33-36(7,8)35-37(9,10)34-24(6,17-31-21(27)13-3)18-32-22(28)14-4/h11-14H,1-4,15-18H2,5-10H3. The van der Waals surface area contributed by atoms with Gasteiger partial charge in [0.05, 0.1) is 0 Å². The summed E-state index contributed by atoms with van der Waals surface area (Å²) >= 11 is 0. The summed E-state index contributed by atoms with van der Waals surface area (Å²) in [4.78, 5) is 46.5. The monoisotopic (exact) mass is 558 g/mol. The van der Waals surface area contributed by atoms with Crippen LogP contribution in [0.5, 0.6) is 0 Å². The van der Waals surface area contributed by atoms with Crippen LogP contribution in [0.15, 0.2) is 50.6 Å². The lowest BCUT2D eigenvalue weighted by Crippen LogP contribution is -2.58. The third kappa shape index (κ3) is 14.5. The van der Waals surface area contributed by atoms with E-state index in [4.69, 9.17) is 31.9 Å². The molecule has 0 heterocycles. The van der Waals surface area contributed by atoms with Crippen molar-refractivity contribution in [1.82, 2.24) is 0 Å². The van der Waals surface area contributed by atoms with Gasteiger partial charge in [-0.05, 0) is 40.0 Å². The summed E-state index contributed by atoms with van der Waals surface area (Å²) in [6.45, 7) is 22.6. The van der Waals surface area contributed by atoms with Crippen molar-refractivity contribution in [2.24, 2.45) is 0 Å². The number of carbonyl (C=O) groups excluding carboxylic acids is 4. The Balaban J connectivity index is 5.72. The summed E-state index contributed by atoms with van der Waals surface area (Å²) in [7, 11) is -6.17. The number of esters is 4. The number of hydrogen-bond acceptors (Lipinski definition) is 11. The summed E-state index contributed by atoms with van der Waals surface area (Å²) in [5.74, 6) is -2.71. The van der Waals surface area contributed by atoms with E-state index < -0.39 is 52.2 Å². The summed E-state index contributed by atoms with van der Waals surface area (Å²) in [5.41, 5.74) is -2.53. The first-order valence-electron chi connectivity index (χ1n) is 11.2. The van der Waals surface area contributed by atoms with Crippen LogP contribution in [0.2, 0.25) is 26.2 Å². The zero-order chi connectivity index (χ0) is 28.9. The van der Waals surface area contributed by atoms with Crippen molar-refractivity contribution in [1.29, 1.82) is 0 Å². The second kappa shape index (κ2) is 14.8. The molecule has 208 valence electrons. The molecule has 0 aliphatic heterocycles. The molecule has 0 aliphatic rings. The quantitative estimate of drug-likeness (QED) is 0.106. The molecule has 0 saturated heterocycles. The van der Waals surface area contributed by atoms with Crippen LogP contribution >= 0.6 is 0 Å². The molecule has 0 saturated carbocycles. The number of ether oxygens (including phenoxy) is 4. The molecule has 0 aromatic rings. The lowest BCUT2D eigenvalue weighted by atomic mass is 10.1. The average molecular weight is 559 g/mol. The second-order valence-corrected chi connectivity index (χ2v) is 16.1. The van der Waals surface area contributed by atoms with Crippen molar-refractivity contribution in [3.05, 3.63) is 50.6 Å². The predicted molar refractivity (Wildman–Crippen MR) is 140 cm³/mol. The first-order valence-corrected chi connectivity index (χ1v) is 16.8. The third-order valence-corrected chi connectivity index (χ3v) is 10.1. The fourth-order valence-corrected chi connectivity index (χ4v) is 10.8. The predicted octanol–water partition coefficient (Wildman–Crippen LogP) is 2.87. The summed E-state index contributed by atoms with van der Waals surface area (Å²) in [6.07, 6.45) is 3.99. The van der Waals surface area contributed by atoms with Gasteiger partial charge in [-0.25, -0.2) is 19.2 Å². The first-order chi connectivity index (χ1) is 16.9. The van der Waals surface area contributed by atoms with Gasteiger partial charge in [-0.15, -0.1) is 0 Å². The highest BCUT2D eigenvalue weighted by atomic mass is 28.5. The third-order valence-electron chi connectivity index (χ3n) is 4.22. The molecular formula is C24H38O11Si2. The van der Waals surface area contributed by atoms with Gasteiger partial charge in [0, 0.05) is 24.3 Å². The largest absolute Gasteiger partial charge is 0.459 e. The van der Waals surface area contributed by atoms with Crippen molar-refractivity contribution < 1.29 is 51.1 Å². The van der Waals surface area contributed by atoms with E-state index in [2.05, 4.69) is 26.3 Å². The highest BCUT2D eigenvalue weighted by Crippen LogP contribution is 2.27. The van der Waals surface area contributed by atoms with Crippen molar-refractivity contribution in [2.75, 3.05) is 26.4 Å². The zero-order valence-electron chi connectivity index (χ0n) is 22.5. The molecule has 0 amide bonds. The molecular weight excluding hydrogens is 520 g/mol. The van der Waals surface area contributed by atoms with Gasteiger partial charge in [0.1, 0.15) is 37.6 Å². The maximum absolute atomic E-state index is 11.6. The van der Waals surface area contributed by atoms with Gasteiger partial charge in [-0.2, -0.15) is 0 Å². The topological polar surface area (TPSA) is 133 Å². The Kier molecular flexibility index (Phi) is 13.6. The normalized spacial score (nSPS) is 12.1. The Hall–Kier alpha value is -2.85. The van der Waals surface area contributed by atoms with Crippen LogP contribution in [0.1, 0.15) is 13.8 Å². The van der Waals surface area contributed by atoms with Gasteiger partial charge in [-0.1, -0.05) is 26.3 Å². The van der Waals surface area contributed by atoms with Crippen LogP contribution in [-0.2, 0) is 51.1 Å². The summed E-state index contributed by atoms with van der Waals surface area (Å²) in [5, 5.41) is 0. The van der Waals surface area contributed by atoms with Crippen molar-refractivity contribution >= 4 is 41.0 Å². The lowest BCUT2D eigenvalue weighted by molar-refractivity contribution is -0.154. The summed E-state index contributed by atoms with van der Waals surface area (Å²) < 4.78 is 39.4. The molecule has 0 atom stereocenters. The van der Waals surface area contributed by atoms with E-state index in [1.54, 1.807) is 40.0 Å². The van der Waals surface area contributed by atoms with Crippen molar-refractivity contribution in [3.63, 3.8) is 0 Å². The fraction of sp³-hybridized carbons (Fsp3) is 0.500. The van der Waals surface area contributed by atoms with E-state index >= 15 is 0 Å². The van der Waals surface area contributed by atoms with Crippen LogP contribution in [0.3, 0.4) is 0 Å². The number of rotatable bonds is 18. The summed E-state index contributed by atoms with van der Waals surface area (Å²) in [6, 6.07) is 0. The van der Waals surface area contributed by atoms with E-state index in [0.29, 0.717) is 0 Å². The molecule has 0 aliphatic carbocycles. The molecule has 0 rings (SSSR count). The molecule has 0 unspecified atom stereocenters. The van der Waals surface area contributed by atoms with Crippen LogP contribution < -0.4 is 0 Å². The Bertz CT molecular complexity index is 762. The molecule has 0 fully saturated rings. The van der Waals surface area contributed by atoms with Gasteiger partial charge < -0.3 is 31.9 Å². The Labute approximate surface area is 220 Å². The van der Waals surface area contributed by atoms with E-state index in [0.717, 1.165) is 24.3 Å². The van der Waals surface area contributed by atoms with Crippen LogP contribution in [0.25, 0.3) is 0 Å². The molecule has 37 heavy (non-hydrogen) atoms. The minimum absolute atomic E-state index is 0.252.